The molecule has 0 spiro atoms. The van der Waals surface area contributed by atoms with Crippen molar-refractivity contribution < 1.29 is 14.3 Å². The van der Waals surface area contributed by atoms with E-state index in [9.17, 15) is 9.59 Å². The number of nitrogens with one attached hydrogen (secondary N) is 1. The van der Waals surface area contributed by atoms with Crippen LogP contribution in [0.1, 0.15) is 18.0 Å². The number of hydrogen-bond donors (Lipinski definition) is 2. The van der Waals surface area contributed by atoms with Gasteiger partial charge in [-0.3, -0.25) is 9.59 Å². The molecule has 1 atom stereocenters. The zero-order valence-corrected chi connectivity index (χ0v) is 11.6. The first-order valence-electron chi connectivity index (χ1n) is 5.38. The Labute approximate surface area is 114 Å². The van der Waals surface area contributed by atoms with Gasteiger partial charge in [-0.25, -0.2) is 0 Å². The van der Waals surface area contributed by atoms with E-state index in [1.54, 1.807) is 0 Å². The monoisotopic (exact) mass is 314 g/mol. The molecule has 0 heterocycles. The van der Waals surface area contributed by atoms with E-state index in [1.165, 1.54) is 7.11 Å². The lowest BCUT2D eigenvalue weighted by molar-refractivity contribution is -0.141. The van der Waals surface area contributed by atoms with E-state index in [1.807, 2.05) is 24.3 Å². The third-order valence-electron chi connectivity index (χ3n) is 2.37. The highest BCUT2D eigenvalue weighted by Gasteiger charge is 2.18. The molecular weight excluding hydrogens is 300 g/mol. The molecule has 1 aromatic rings. The summed E-state index contributed by atoms with van der Waals surface area (Å²) in [5.74, 6) is -0.707. The van der Waals surface area contributed by atoms with Gasteiger partial charge in [0.05, 0.1) is 26.1 Å². The van der Waals surface area contributed by atoms with Crippen LogP contribution in [0, 0.1) is 0 Å². The molecule has 0 aromatic heterocycles. The molecule has 6 heteroatoms. The van der Waals surface area contributed by atoms with Gasteiger partial charge in [0.25, 0.3) is 0 Å². The van der Waals surface area contributed by atoms with Gasteiger partial charge in [0, 0.05) is 4.47 Å². The number of halogens is 1. The predicted molar refractivity (Wildman–Crippen MR) is 70.7 cm³/mol. The maximum absolute atomic E-state index is 11.4. The second kappa shape index (κ2) is 7.13. The molecule has 0 aliphatic heterocycles. The van der Waals surface area contributed by atoms with Crippen LogP contribution in [0.25, 0.3) is 0 Å². The van der Waals surface area contributed by atoms with Crippen molar-refractivity contribution >= 4 is 27.8 Å². The van der Waals surface area contributed by atoms with Crippen LogP contribution in [0.5, 0.6) is 0 Å². The highest BCUT2D eigenvalue weighted by Crippen LogP contribution is 2.21. The highest BCUT2D eigenvalue weighted by molar-refractivity contribution is 9.10. The molecule has 18 heavy (non-hydrogen) atoms. The summed E-state index contributed by atoms with van der Waals surface area (Å²) in [6.45, 7) is -0.119. The maximum atomic E-state index is 11.4. The Kier molecular flexibility index (Phi) is 5.80. The summed E-state index contributed by atoms with van der Waals surface area (Å²) in [6, 6.07) is 6.92. The van der Waals surface area contributed by atoms with E-state index in [0.29, 0.717) is 0 Å². The van der Waals surface area contributed by atoms with Crippen molar-refractivity contribution in [1.29, 1.82) is 0 Å². The van der Waals surface area contributed by atoms with Crippen molar-refractivity contribution in [1.82, 2.24) is 5.32 Å². The van der Waals surface area contributed by atoms with E-state index < -0.39 is 12.0 Å². The first kappa shape index (κ1) is 14.7. The Balaban J connectivity index is 2.88. The van der Waals surface area contributed by atoms with Crippen LogP contribution >= 0.6 is 15.9 Å². The van der Waals surface area contributed by atoms with Crippen LogP contribution in [0.15, 0.2) is 28.7 Å². The lowest BCUT2D eigenvalue weighted by Gasteiger charge is -2.18. The third kappa shape index (κ3) is 4.46. The van der Waals surface area contributed by atoms with Crippen LogP contribution in [-0.4, -0.2) is 25.5 Å². The van der Waals surface area contributed by atoms with Gasteiger partial charge >= 0.3 is 5.97 Å². The Bertz CT molecular complexity index is 419. The van der Waals surface area contributed by atoms with Crippen molar-refractivity contribution in [3.8, 4) is 0 Å². The SMILES string of the molecule is COC(=O)CC(NC(=O)CN)c1cccc(Br)c1. The largest absolute Gasteiger partial charge is 0.469 e. The first-order chi connectivity index (χ1) is 8.56. The number of hydrogen-bond acceptors (Lipinski definition) is 4. The summed E-state index contributed by atoms with van der Waals surface area (Å²) < 4.78 is 5.49. The van der Waals surface area contributed by atoms with Crippen LogP contribution < -0.4 is 11.1 Å². The fraction of sp³-hybridized carbons (Fsp3) is 0.333. The molecule has 5 nitrogen and oxygen atoms in total. The molecule has 0 bridgehead atoms. The van der Waals surface area contributed by atoms with Crippen molar-refractivity contribution in [2.75, 3.05) is 13.7 Å². The number of amides is 1. The highest BCUT2D eigenvalue weighted by atomic mass is 79.9. The molecule has 0 aliphatic rings. The maximum Gasteiger partial charge on any atom is 0.307 e. The predicted octanol–water partition coefficient (Wildman–Crippen LogP) is 1.13. The molecule has 0 saturated heterocycles. The molecule has 1 rings (SSSR count). The molecule has 1 amide bonds. The van der Waals surface area contributed by atoms with Gasteiger partial charge in [0.1, 0.15) is 0 Å². The van der Waals surface area contributed by atoms with Gasteiger partial charge in [0.2, 0.25) is 5.91 Å². The number of carbonyl (C=O) groups excluding carboxylic acids is 2. The lowest BCUT2D eigenvalue weighted by Crippen LogP contribution is -2.35. The van der Waals surface area contributed by atoms with E-state index in [4.69, 9.17) is 5.73 Å². The smallest absolute Gasteiger partial charge is 0.307 e. The van der Waals surface area contributed by atoms with Gasteiger partial charge in [-0.2, -0.15) is 0 Å². The third-order valence-corrected chi connectivity index (χ3v) is 2.86. The summed E-state index contributed by atoms with van der Waals surface area (Å²) in [6.07, 6.45) is 0.0681. The van der Waals surface area contributed by atoms with Crippen LogP contribution in [0.3, 0.4) is 0 Å². The minimum Gasteiger partial charge on any atom is -0.469 e. The number of methoxy groups -OCH3 is 1. The quantitative estimate of drug-likeness (QED) is 0.798. The molecule has 0 radical (unpaired) electrons. The number of nitrogens with two attached hydrogens (primary N) is 1. The Morgan fingerprint density at radius 1 is 1.50 bits per heavy atom. The Hall–Kier alpha value is -1.40. The van der Waals surface area contributed by atoms with Gasteiger partial charge in [-0.05, 0) is 17.7 Å². The van der Waals surface area contributed by atoms with Crippen molar-refractivity contribution in [2.45, 2.75) is 12.5 Å². The zero-order chi connectivity index (χ0) is 13.5. The average molecular weight is 315 g/mol. The topological polar surface area (TPSA) is 81.4 Å². The number of ether oxygens (including phenoxy) is 1. The summed E-state index contributed by atoms with van der Waals surface area (Å²) in [7, 11) is 1.31. The fourth-order valence-electron chi connectivity index (χ4n) is 1.48. The van der Waals surface area contributed by atoms with E-state index in [-0.39, 0.29) is 18.9 Å². The molecule has 98 valence electrons. The minimum absolute atomic E-state index is 0.0681. The minimum atomic E-state index is -0.439. The number of carbonyl (C=O) groups is 2. The van der Waals surface area contributed by atoms with Crippen molar-refractivity contribution in [3.63, 3.8) is 0 Å². The van der Waals surface area contributed by atoms with Gasteiger partial charge in [0.15, 0.2) is 0 Å². The number of benzene rings is 1. The van der Waals surface area contributed by atoms with E-state index in [2.05, 4.69) is 26.0 Å². The average Bonchev–Trinajstić information content (AvgIpc) is 2.37. The molecule has 0 fully saturated rings. The number of esters is 1. The molecule has 0 saturated carbocycles. The van der Waals surface area contributed by atoms with Gasteiger partial charge in [-0.15, -0.1) is 0 Å². The summed E-state index contributed by atoms with van der Waals surface area (Å²) in [5.41, 5.74) is 6.07. The molecule has 0 aliphatic carbocycles. The molecule has 1 aromatic carbocycles. The van der Waals surface area contributed by atoms with Crippen molar-refractivity contribution in [3.05, 3.63) is 34.3 Å². The summed E-state index contributed by atoms with van der Waals surface area (Å²) in [4.78, 5) is 22.7. The number of rotatable bonds is 5. The summed E-state index contributed by atoms with van der Waals surface area (Å²) >= 11 is 3.34. The second-order valence-electron chi connectivity index (χ2n) is 3.66. The Morgan fingerprint density at radius 2 is 2.22 bits per heavy atom. The molecule has 1 unspecified atom stereocenters. The zero-order valence-electron chi connectivity index (χ0n) is 9.98. The standard InChI is InChI=1S/C12H15BrN2O3/c1-18-12(17)6-10(15-11(16)7-14)8-3-2-4-9(13)5-8/h2-5,10H,6-7,14H2,1H3,(H,15,16). The van der Waals surface area contributed by atoms with Crippen LogP contribution in [0.4, 0.5) is 0 Å². The normalized spacial score (nSPS) is 11.7. The molecular formula is C12H15BrN2O3. The van der Waals surface area contributed by atoms with Gasteiger partial charge in [-0.1, -0.05) is 28.1 Å². The van der Waals surface area contributed by atoms with Crippen LogP contribution in [0.2, 0.25) is 0 Å². The van der Waals surface area contributed by atoms with Crippen LogP contribution in [-0.2, 0) is 14.3 Å². The van der Waals surface area contributed by atoms with Gasteiger partial charge < -0.3 is 15.8 Å². The van der Waals surface area contributed by atoms with Crippen molar-refractivity contribution in [2.24, 2.45) is 5.73 Å². The fourth-order valence-corrected chi connectivity index (χ4v) is 1.90. The lowest BCUT2D eigenvalue weighted by atomic mass is 10.0. The van der Waals surface area contributed by atoms with E-state index >= 15 is 0 Å². The summed E-state index contributed by atoms with van der Waals surface area (Å²) in [5, 5.41) is 2.69. The molecule has 3 N–H and O–H groups in total. The first-order valence-corrected chi connectivity index (χ1v) is 6.17. The second-order valence-corrected chi connectivity index (χ2v) is 4.58. The van der Waals surface area contributed by atoms with E-state index in [0.717, 1.165) is 10.0 Å². The Morgan fingerprint density at radius 3 is 2.78 bits per heavy atom.